The van der Waals surface area contributed by atoms with Gasteiger partial charge >= 0.3 is 0 Å². The van der Waals surface area contributed by atoms with Gasteiger partial charge in [0.2, 0.25) is 0 Å². The molecule has 0 aliphatic heterocycles. The summed E-state index contributed by atoms with van der Waals surface area (Å²) < 4.78 is 0. The molecule has 1 aliphatic carbocycles. The molecule has 0 saturated carbocycles. The molecule has 0 aromatic rings. The highest BCUT2D eigenvalue weighted by Crippen LogP contribution is 2.03. The summed E-state index contributed by atoms with van der Waals surface area (Å²) in [6.45, 7) is 0. The van der Waals surface area contributed by atoms with Crippen molar-refractivity contribution in [3.05, 3.63) is 48.6 Å². The first kappa shape index (κ1) is 11.0. The van der Waals surface area contributed by atoms with Crippen molar-refractivity contribution in [2.75, 3.05) is 0 Å². The lowest BCUT2D eigenvalue weighted by molar-refractivity contribution is 0.759. The fourth-order valence-electron chi connectivity index (χ4n) is 1.37. The Morgan fingerprint density at radius 1 is 0.714 bits per heavy atom. The molecule has 0 amide bonds. The second kappa shape index (κ2) is 8.55. The van der Waals surface area contributed by atoms with Crippen LogP contribution in [0.4, 0.5) is 0 Å². The van der Waals surface area contributed by atoms with Crippen molar-refractivity contribution >= 4 is 0 Å². The number of rotatable bonds is 0. The second-order valence-corrected chi connectivity index (χ2v) is 3.49. The highest BCUT2D eigenvalue weighted by Gasteiger charge is 1.84. The average Bonchev–Trinajstić information content (AvgIpc) is 2.22. The molecule has 14 heavy (non-hydrogen) atoms. The first-order chi connectivity index (χ1) is 7.00. The molecule has 0 bridgehead atoms. The summed E-state index contributed by atoms with van der Waals surface area (Å²) in [6, 6.07) is 0. The molecule has 75 valence electrons. The molecule has 1 rings (SSSR count). The van der Waals surface area contributed by atoms with E-state index >= 15 is 0 Å². The molecular formula is C14H19. The largest absolute Gasteiger partial charge is 0.0885 e. The van der Waals surface area contributed by atoms with E-state index in [1.807, 2.05) is 12.2 Å². The van der Waals surface area contributed by atoms with Crippen LogP contribution in [0.25, 0.3) is 0 Å². The molecule has 0 saturated heterocycles. The van der Waals surface area contributed by atoms with Crippen LogP contribution in [0.3, 0.4) is 0 Å². The first-order valence-corrected chi connectivity index (χ1v) is 5.54. The van der Waals surface area contributed by atoms with E-state index in [1.54, 1.807) is 0 Å². The summed E-state index contributed by atoms with van der Waals surface area (Å²) in [4.78, 5) is 0. The monoisotopic (exact) mass is 187 g/mol. The Morgan fingerprint density at radius 3 is 2.50 bits per heavy atom. The summed E-state index contributed by atoms with van der Waals surface area (Å²) in [7, 11) is 0. The minimum absolute atomic E-state index is 1.14. The van der Waals surface area contributed by atoms with E-state index in [2.05, 4.69) is 36.5 Å². The van der Waals surface area contributed by atoms with Gasteiger partial charge in [0, 0.05) is 0 Å². The Kier molecular flexibility index (Phi) is 6.74. The zero-order chi connectivity index (χ0) is 9.90. The van der Waals surface area contributed by atoms with Gasteiger partial charge in [-0.25, -0.2) is 0 Å². The lowest BCUT2D eigenvalue weighted by Gasteiger charge is -1.93. The van der Waals surface area contributed by atoms with E-state index in [0.29, 0.717) is 0 Å². The molecule has 1 radical (unpaired) electrons. The van der Waals surface area contributed by atoms with Gasteiger partial charge in [0.25, 0.3) is 0 Å². The number of hydrogen-bond donors (Lipinski definition) is 0. The van der Waals surface area contributed by atoms with E-state index in [9.17, 15) is 0 Å². The maximum Gasteiger partial charge on any atom is -0.0227 e. The minimum Gasteiger partial charge on any atom is -0.0885 e. The van der Waals surface area contributed by atoms with E-state index < -0.39 is 0 Å². The highest BCUT2D eigenvalue weighted by atomic mass is 13.9. The topological polar surface area (TPSA) is 0 Å². The number of allylic oxidation sites excluding steroid dienone is 8. The molecule has 1 aliphatic rings. The normalized spacial score (nSPS) is 19.4. The smallest absolute Gasteiger partial charge is 0.0227 e. The molecular weight excluding hydrogens is 168 g/mol. The lowest BCUT2D eigenvalue weighted by Crippen LogP contribution is -1.73. The summed E-state index contributed by atoms with van der Waals surface area (Å²) in [6.07, 6.45) is 25.5. The van der Waals surface area contributed by atoms with Gasteiger partial charge in [0.05, 0.1) is 0 Å². The SMILES string of the molecule is [C]1=CCCCCC=CCCC=CC=C1. The number of hydrogen-bond acceptors (Lipinski definition) is 0. The van der Waals surface area contributed by atoms with Crippen LogP contribution in [0.15, 0.2) is 42.5 Å². The molecule has 0 N–H and O–H groups in total. The molecule has 0 fully saturated rings. The summed E-state index contributed by atoms with van der Waals surface area (Å²) in [5.41, 5.74) is 0. The Labute approximate surface area is 87.7 Å². The third-order valence-electron chi connectivity index (χ3n) is 2.19. The van der Waals surface area contributed by atoms with E-state index in [4.69, 9.17) is 0 Å². The Bertz CT molecular complexity index is 228. The van der Waals surface area contributed by atoms with Crippen molar-refractivity contribution in [3.63, 3.8) is 0 Å². The Morgan fingerprint density at radius 2 is 1.50 bits per heavy atom. The van der Waals surface area contributed by atoms with Gasteiger partial charge in [-0.2, -0.15) is 0 Å². The van der Waals surface area contributed by atoms with Crippen LogP contribution < -0.4 is 0 Å². The maximum atomic E-state index is 3.16. The Balaban J connectivity index is 2.35. The average molecular weight is 187 g/mol. The maximum absolute atomic E-state index is 3.16. The van der Waals surface area contributed by atoms with Crippen molar-refractivity contribution in [3.8, 4) is 0 Å². The van der Waals surface area contributed by atoms with Crippen molar-refractivity contribution in [1.29, 1.82) is 0 Å². The molecule has 0 spiro atoms. The van der Waals surface area contributed by atoms with Gasteiger partial charge in [-0.15, -0.1) is 0 Å². The van der Waals surface area contributed by atoms with Crippen LogP contribution in [0.5, 0.6) is 0 Å². The van der Waals surface area contributed by atoms with E-state index in [0.717, 1.165) is 12.8 Å². The van der Waals surface area contributed by atoms with Crippen molar-refractivity contribution in [2.45, 2.75) is 38.5 Å². The zero-order valence-corrected chi connectivity index (χ0v) is 8.78. The van der Waals surface area contributed by atoms with E-state index in [1.165, 1.54) is 25.7 Å². The van der Waals surface area contributed by atoms with Gasteiger partial charge in [0.15, 0.2) is 0 Å². The van der Waals surface area contributed by atoms with Crippen molar-refractivity contribution < 1.29 is 0 Å². The fraction of sp³-hybridized carbons (Fsp3) is 0.429. The molecule has 0 heteroatoms. The van der Waals surface area contributed by atoms with Crippen LogP contribution in [0.2, 0.25) is 0 Å². The third kappa shape index (κ3) is 6.47. The van der Waals surface area contributed by atoms with Crippen molar-refractivity contribution in [1.82, 2.24) is 0 Å². The van der Waals surface area contributed by atoms with Crippen molar-refractivity contribution in [2.24, 2.45) is 0 Å². The molecule has 0 unspecified atom stereocenters. The highest BCUT2D eigenvalue weighted by molar-refractivity contribution is 5.07. The van der Waals surface area contributed by atoms with Crippen LogP contribution in [-0.2, 0) is 0 Å². The Hall–Kier alpha value is -1.04. The molecule has 0 aromatic heterocycles. The van der Waals surface area contributed by atoms with Gasteiger partial charge in [-0.3, -0.25) is 0 Å². The predicted octanol–water partition coefficient (Wildman–Crippen LogP) is 4.37. The summed E-state index contributed by atoms with van der Waals surface area (Å²) >= 11 is 0. The minimum atomic E-state index is 1.14. The molecule has 0 aromatic carbocycles. The second-order valence-electron chi connectivity index (χ2n) is 3.49. The fourth-order valence-corrected chi connectivity index (χ4v) is 1.37. The van der Waals surface area contributed by atoms with Gasteiger partial charge in [-0.05, 0) is 44.6 Å². The van der Waals surface area contributed by atoms with Gasteiger partial charge in [-0.1, -0.05) is 42.5 Å². The predicted molar refractivity (Wildman–Crippen MR) is 62.9 cm³/mol. The van der Waals surface area contributed by atoms with Crippen LogP contribution in [0.1, 0.15) is 38.5 Å². The van der Waals surface area contributed by atoms with Crippen LogP contribution in [0, 0.1) is 6.08 Å². The molecule has 0 nitrogen and oxygen atoms in total. The van der Waals surface area contributed by atoms with Gasteiger partial charge in [0.1, 0.15) is 0 Å². The molecule has 0 heterocycles. The van der Waals surface area contributed by atoms with Crippen LogP contribution >= 0.6 is 0 Å². The van der Waals surface area contributed by atoms with E-state index in [-0.39, 0.29) is 0 Å². The quantitative estimate of drug-likeness (QED) is 0.494. The van der Waals surface area contributed by atoms with Gasteiger partial charge < -0.3 is 0 Å². The summed E-state index contributed by atoms with van der Waals surface area (Å²) in [5, 5.41) is 0. The zero-order valence-electron chi connectivity index (χ0n) is 8.78. The summed E-state index contributed by atoms with van der Waals surface area (Å²) in [5.74, 6) is 0. The standard InChI is InChI=1S/C14H19/c1-2-4-6-8-10-12-14-13-11-9-7-5-3-1/h1-4,8-9,11H,5,7,10,12-14H2. The third-order valence-corrected chi connectivity index (χ3v) is 2.19. The lowest BCUT2D eigenvalue weighted by atomic mass is 10.1. The molecule has 0 atom stereocenters. The first-order valence-electron chi connectivity index (χ1n) is 5.54. The van der Waals surface area contributed by atoms with Crippen LogP contribution in [-0.4, -0.2) is 0 Å².